The zero-order chi connectivity index (χ0) is 10.7. The molecule has 86 valence electrons. The molecule has 2 atom stereocenters. The normalized spacial score (nSPS) is 33.1. The quantitative estimate of drug-likeness (QED) is 0.730. The van der Waals surface area contributed by atoms with Crippen LogP contribution in [-0.4, -0.2) is 51.2 Å². The Balaban J connectivity index is 1.84. The Bertz CT molecular complexity index is 233. The lowest BCUT2D eigenvalue weighted by Crippen LogP contribution is -2.45. The van der Waals surface area contributed by atoms with Crippen LogP contribution in [0.4, 0.5) is 0 Å². The van der Waals surface area contributed by atoms with Gasteiger partial charge in [0.2, 0.25) is 5.91 Å². The van der Waals surface area contributed by atoms with Crippen molar-refractivity contribution in [2.24, 2.45) is 0 Å². The molecule has 2 aliphatic heterocycles. The van der Waals surface area contributed by atoms with Crippen molar-refractivity contribution in [3.8, 4) is 0 Å². The minimum absolute atomic E-state index is 0.0764. The van der Waals surface area contributed by atoms with Gasteiger partial charge in [0.05, 0.1) is 4.83 Å². The van der Waals surface area contributed by atoms with Gasteiger partial charge < -0.3 is 4.90 Å². The summed E-state index contributed by atoms with van der Waals surface area (Å²) in [7, 11) is 0. The zero-order valence-electron chi connectivity index (χ0n) is 8.65. The van der Waals surface area contributed by atoms with Crippen LogP contribution in [0.2, 0.25) is 0 Å². The summed E-state index contributed by atoms with van der Waals surface area (Å²) in [5, 5.41) is 0.658. The number of carbonyl (C=O) groups excluding carboxylic acids is 1. The van der Waals surface area contributed by atoms with Crippen LogP contribution < -0.4 is 0 Å². The first-order chi connectivity index (χ1) is 7.27. The minimum Gasteiger partial charge on any atom is -0.341 e. The standard InChI is InChI=1S/C10H16BrNOS2/c11-9-2-1-3-12(10(9)13)6-8-7-14-4-5-15-8/h8-9H,1-7H2. The van der Waals surface area contributed by atoms with Gasteiger partial charge in [-0.05, 0) is 12.8 Å². The highest BCUT2D eigenvalue weighted by Crippen LogP contribution is 2.26. The molecule has 2 aliphatic rings. The van der Waals surface area contributed by atoms with Crippen molar-refractivity contribution >= 4 is 45.4 Å². The lowest BCUT2D eigenvalue weighted by Gasteiger charge is -2.33. The summed E-state index contributed by atoms with van der Waals surface area (Å²) in [5.41, 5.74) is 0. The fraction of sp³-hybridized carbons (Fsp3) is 0.900. The number of alkyl halides is 1. The molecule has 2 heterocycles. The third-order valence-corrected chi connectivity index (χ3v) is 6.45. The summed E-state index contributed by atoms with van der Waals surface area (Å²) in [6.45, 7) is 1.92. The summed E-state index contributed by atoms with van der Waals surface area (Å²) in [4.78, 5) is 14.0. The number of thioether (sulfide) groups is 2. The fourth-order valence-electron chi connectivity index (χ4n) is 1.96. The average Bonchev–Trinajstić information content (AvgIpc) is 2.26. The van der Waals surface area contributed by atoms with Gasteiger partial charge in [-0.25, -0.2) is 0 Å². The summed E-state index contributed by atoms with van der Waals surface area (Å²) in [6.07, 6.45) is 2.15. The number of rotatable bonds is 2. The Labute approximate surface area is 108 Å². The van der Waals surface area contributed by atoms with Gasteiger partial charge in [-0.2, -0.15) is 23.5 Å². The third kappa shape index (κ3) is 3.30. The molecular formula is C10H16BrNOS2. The maximum atomic E-state index is 11.9. The minimum atomic E-state index is 0.0764. The Hall–Kier alpha value is 0.650. The van der Waals surface area contributed by atoms with Crippen LogP contribution in [0.1, 0.15) is 12.8 Å². The maximum absolute atomic E-state index is 11.9. The van der Waals surface area contributed by atoms with E-state index in [0.717, 1.165) is 25.9 Å². The first-order valence-electron chi connectivity index (χ1n) is 5.39. The van der Waals surface area contributed by atoms with E-state index in [1.54, 1.807) is 0 Å². The highest BCUT2D eigenvalue weighted by atomic mass is 79.9. The molecule has 2 nitrogen and oxygen atoms in total. The van der Waals surface area contributed by atoms with Crippen molar-refractivity contribution < 1.29 is 4.79 Å². The molecule has 0 aromatic carbocycles. The van der Waals surface area contributed by atoms with Crippen molar-refractivity contribution in [1.82, 2.24) is 4.90 Å². The van der Waals surface area contributed by atoms with Crippen LogP contribution in [0.3, 0.4) is 0 Å². The lowest BCUT2D eigenvalue weighted by molar-refractivity contribution is -0.132. The Kier molecular flexibility index (Phi) is 4.70. The molecule has 0 aliphatic carbocycles. The van der Waals surface area contributed by atoms with Gasteiger partial charge in [0, 0.05) is 35.6 Å². The molecule has 15 heavy (non-hydrogen) atoms. The molecule has 0 N–H and O–H groups in total. The highest BCUT2D eigenvalue weighted by Gasteiger charge is 2.28. The third-order valence-electron chi connectivity index (χ3n) is 2.77. The molecule has 0 spiro atoms. The lowest BCUT2D eigenvalue weighted by atomic mass is 10.1. The largest absolute Gasteiger partial charge is 0.341 e. The Morgan fingerprint density at radius 2 is 2.33 bits per heavy atom. The molecule has 2 unspecified atom stereocenters. The highest BCUT2D eigenvalue weighted by molar-refractivity contribution is 9.10. The van der Waals surface area contributed by atoms with E-state index in [1.165, 1.54) is 17.3 Å². The Morgan fingerprint density at radius 3 is 3.07 bits per heavy atom. The maximum Gasteiger partial charge on any atom is 0.236 e. The van der Waals surface area contributed by atoms with Gasteiger partial charge in [-0.3, -0.25) is 4.79 Å². The number of amides is 1. The zero-order valence-corrected chi connectivity index (χ0v) is 11.9. The number of hydrogen-bond donors (Lipinski definition) is 0. The number of nitrogens with zero attached hydrogens (tertiary/aromatic N) is 1. The van der Waals surface area contributed by atoms with Crippen molar-refractivity contribution in [2.75, 3.05) is 30.3 Å². The molecule has 2 fully saturated rings. The van der Waals surface area contributed by atoms with Crippen molar-refractivity contribution in [1.29, 1.82) is 0 Å². The first kappa shape index (κ1) is 12.1. The molecule has 0 saturated carbocycles. The van der Waals surface area contributed by atoms with Gasteiger partial charge in [-0.1, -0.05) is 15.9 Å². The number of likely N-dealkylation sites (tertiary alicyclic amines) is 1. The van der Waals surface area contributed by atoms with Crippen LogP contribution in [0.15, 0.2) is 0 Å². The van der Waals surface area contributed by atoms with Crippen LogP contribution in [0, 0.1) is 0 Å². The van der Waals surface area contributed by atoms with E-state index in [1.807, 2.05) is 28.4 Å². The second-order valence-electron chi connectivity index (χ2n) is 3.96. The summed E-state index contributed by atoms with van der Waals surface area (Å²) in [6, 6.07) is 0. The van der Waals surface area contributed by atoms with E-state index in [0.29, 0.717) is 11.2 Å². The smallest absolute Gasteiger partial charge is 0.236 e. The van der Waals surface area contributed by atoms with Gasteiger partial charge in [0.25, 0.3) is 0 Å². The molecule has 0 aromatic rings. The SMILES string of the molecule is O=C1C(Br)CCCN1CC1CSCCS1. The first-order valence-corrected chi connectivity index (χ1v) is 8.51. The molecular weight excluding hydrogens is 294 g/mol. The van der Waals surface area contributed by atoms with Gasteiger partial charge in [-0.15, -0.1) is 0 Å². The van der Waals surface area contributed by atoms with E-state index in [-0.39, 0.29) is 4.83 Å². The Morgan fingerprint density at radius 1 is 1.47 bits per heavy atom. The summed E-state index contributed by atoms with van der Waals surface area (Å²) in [5.74, 6) is 4.03. The number of halogens is 1. The van der Waals surface area contributed by atoms with E-state index < -0.39 is 0 Å². The van der Waals surface area contributed by atoms with E-state index >= 15 is 0 Å². The average molecular weight is 310 g/mol. The monoisotopic (exact) mass is 309 g/mol. The van der Waals surface area contributed by atoms with Crippen molar-refractivity contribution in [3.05, 3.63) is 0 Å². The summed E-state index contributed by atoms with van der Waals surface area (Å²) >= 11 is 7.51. The fourth-order valence-corrected chi connectivity index (χ4v) is 5.26. The molecule has 5 heteroatoms. The molecule has 0 radical (unpaired) electrons. The topological polar surface area (TPSA) is 20.3 Å². The number of carbonyl (C=O) groups is 1. The van der Waals surface area contributed by atoms with Crippen molar-refractivity contribution in [2.45, 2.75) is 22.9 Å². The van der Waals surface area contributed by atoms with E-state index in [9.17, 15) is 4.79 Å². The molecule has 0 aromatic heterocycles. The second kappa shape index (κ2) is 5.82. The summed E-state index contributed by atoms with van der Waals surface area (Å²) < 4.78 is 0. The van der Waals surface area contributed by atoms with E-state index in [2.05, 4.69) is 15.9 Å². The number of hydrogen-bond acceptors (Lipinski definition) is 3. The molecule has 1 amide bonds. The molecule has 0 bridgehead atoms. The predicted molar refractivity (Wildman–Crippen MR) is 72.1 cm³/mol. The predicted octanol–water partition coefficient (Wildman–Crippen LogP) is 2.22. The van der Waals surface area contributed by atoms with Gasteiger partial charge in [0.15, 0.2) is 0 Å². The van der Waals surface area contributed by atoms with Gasteiger partial charge in [0.1, 0.15) is 0 Å². The van der Waals surface area contributed by atoms with Crippen LogP contribution >= 0.6 is 39.5 Å². The van der Waals surface area contributed by atoms with Crippen molar-refractivity contribution in [3.63, 3.8) is 0 Å². The van der Waals surface area contributed by atoms with Crippen LogP contribution in [0.25, 0.3) is 0 Å². The van der Waals surface area contributed by atoms with Crippen LogP contribution in [0.5, 0.6) is 0 Å². The van der Waals surface area contributed by atoms with E-state index in [4.69, 9.17) is 0 Å². The van der Waals surface area contributed by atoms with Crippen LogP contribution in [-0.2, 0) is 4.79 Å². The molecule has 2 saturated heterocycles. The second-order valence-corrected chi connectivity index (χ2v) is 7.63. The molecule has 2 rings (SSSR count). The van der Waals surface area contributed by atoms with Gasteiger partial charge >= 0.3 is 0 Å². The number of piperidine rings is 1.